The van der Waals surface area contributed by atoms with E-state index >= 15 is 0 Å². The highest BCUT2D eigenvalue weighted by Gasteiger charge is 2.39. The Morgan fingerprint density at radius 1 is 0.975 bits per heavy atom. The average molecular weight is 593 g/mol. The number of thiocarbonyl (C=S) groups is 1. The molecule has 0 bridgehead atoms. The first-order valence-electron chi connectivity index (χ1n) is 12.5. The van der Waals surface area contributed by atoms with Gasteiger partial charge in [-0.05, 0) is 49.9 Å². The van der Waals surface area contributed by atoms with Crippen molar-refractivity contribution in [2.24, 2.45) is 0 Å². The summed E-state index contributed by atoms with van der Waals surface area (Å²) in [5, 5.41) is 12.5. The first-order chi connectivity index (χ1) is 18.8. The fraction of sp³-hybridized carbons (Fsp3) is 0.520. The van der Waals surface area contributed by atoms with E-state index < -0.39 is 40.3 Å². The number of alkyl halides is 6. The number of hydrogen-bond donors (Lipinski definition) is 0. The maximum atomic E-state index is 13.3. The van der Waals surface area contributed by atoms with E-state index in [2.05, 4.69) is 4.98 Å². The number of aromatic nitrogens is 1. The van der Waals surface area contributed by atoms with Crippen molar-refractivity contribution in [1.82, 2.24) is 9.88 Å². The molecule has 40 heavy (non-hydrogen) atoms. The zero-order chi connectivity index (χ0) is 29.1. The van der Waals surface area contributed by atoms with Crippen LogP contribution >= 0.6 is 12.2 Å². The molecule has 1 aromatic carbocycles. The van der Waals surface area contributed by atoms with E-state index in [9.17, 15) is 36.5 Å². The van der Waals surface area contributed by atoms with Crippen molar-refractivity contribution < 1.29 is 40.7 Å². The third-order valence-corrected chi connectivity index (χ3v) is 7.15. The van der Waals surface area contributed by atoms with Crippen LogP contribution in [0, 0.1) is 10.1 Å². The molecule has 2 aromatic rings. The normalized spacial score (nSPS) is 21.6. The van der Waals surface area contributed by atoms with Crippen LogP contribution in [0.15, 0.2) is 36.5 Å². The fourth-order valence-electron chi connectivity index (χ4n) is 4.80. The van der Waals surface area contributed by atoms with Crippen LogP contribution in [-0.4, -0.2) is 64.8 Å². The quantitative estimate of drug-likeness (QED) is 0.163. The Hall–Kier alpha value is -3.04. The molecule has 0 radical (unpaired) electrons. The maximum Gasteiger partial charge on any atom is 0.423 e. The molecule has 1 atom stereocenters. The van der Waals surface area contributed by atoms with Crippen LogP contribution in [0.2, 0.25) is 0 Å². The Morgan fingerprint density at radius 3 is 2.15 bits per heavy atom. The summed E-state index contributed by atoms with van der Waals surface area (Å²) in [5.74, 6) is 0.376. The number of nitro benzene ring substituents is 1. The van der Waals surface area contributed by atoms with Gasteiger partial charge in [0.2, 0.25) is 0 Å². The molecule has 1 unspecified atom stereocenters. The minimum absolute atomic E-state index is 0.0838. The van der Waals surface area contributed by atoms with Crippen molar-refractivity contribution in [2.45, 2.75) is 56.5 Å². The van der Waals surface area contributed by atoms with E-state index in [-0.39, 0.29) is 18.0 Å². The molecule has 1 aliphatic heterocycles. The first-order valence-corrected chi connectivity index (χ1v) is 13.0. The molecule has 1 saturated carbocycles. The highest BCUT2D eigenvalue weighted by molar-refractivity contribution is 7.79. The Morgan fingerprint density at radius 2 is 1.62 bits per heavy atom. The lowest BCUT2D eigenvalue weighted by Gasteiger charge is -2.40. The van der Waals surface area contributed by atoms with E-state index in [0.29, 0.717) is 63.7 Å². The zero-order valence-corrected chi connectivity index (χ0v) is 21.8. The van der Waals surface area contributed by atoms with Gasteiger partial charge in [0.1, 0.15) is 23.4 Å². The topological polar surface area (TPSA) is 81.0 Å². The Kier molecular flexibility index (Phi) is 9.15. The van der Waals surface area contributed by atoms with Crippen LogP contribution in [0.4, 0.5) is 37.8 Å². The van der Waals surface area contributed by atoms with Gasteiger partial charge in [0, 0.05) is 43.8 Å². The van der Waals surface area contributed by atoms with Gasteiger partial charge in [-0.1, -0.05) is 12.2 Å². The van der Waals surface area contributed by atoms with Crippen molar-refractivity contribution in [3.8, 4) is 5.75 Å². The number of rotatable bonds is 8. The van der Waals surface area contributed by atoms with Crippen molar-refractivity contribution >= 4 is 29.1 Å². The van der Waals surface area contributed by atoms with Gasteiger partial charge >= 0.3 is 12.4 Å². The molecule has 1 aliphatic carbocycles. The predicted octanol–water partition coefficient (Wildman–Crippen LogP) is 5.88. The molecule has 0 spiro atoms. The number of hydrogen-bond acceptors (Lipinski definition) is 8. The predicted molar refractivity (Wildman–Crippen MR) is 136 cm³/mol. The number of anilines is 1. The van der Waals surface area contributed by atoms with Crippen LogP contribution in [0.25, 0.3) is 0 Å². The summed E-state index contributed by atoms with van der Waals surface area (Å²) >= 11 is 5.19. The molecule has 2 fully saturated rings. The van der Waals surface area contributed by atoms with E-state index in [1.165, 1.54) is 11.4 Å². The summed E-state index contributed by atoms with van der Waals surface area (Å²) in [6.45, 7) is 2.16. The molecule has 0 amide bonds. The summed E-state index contributed by atoms with van der Waals surface area (Å²) < 4.78 is 90.1. The van der Waals surface area contributed by atoms with Crippen molar-refractivity contribution in [2.75, 3.05) is 31.1 Å². The van der Waals surface area contributed by atoms with Gasteiger partial charge in [0.15, 0.2) is 0 Å². The lowest BCUT2D eigenvalue weighted by Crippen LogP contribution is -2.52. The van der Waals surface area contributed by atoms with Gasteiger partial charge in [-0.3, -0.25) is 15.0 Å². The number of ether oxygens (including phenoxy) is 2. The number of nitrogens with zero attached hydrogens (tertiary/aromatic N) is 4. The van der Waals surface area contributed by atoms with Crippen LogP contribution in [0.1, 0.15) is 36.8 Å². The second-order valence-electron chi connectivity index (χ2n) is 9.54. The molecular formula is C25H26F6N4O4S. The van der Waals surface area contributed by atoms with Crippen LogP contribution in [-0.2, 0) is 17.1 Å². The van der Waals surface area contributed by atoms with Gasteiger partial charge in [-0.25, -0.2) is 4.98 Å². The first kappa shape index (κ1) is 29.9. The second-order valence-corrected chi connectivity index (χ2v) is 9.81. The third-order valence-electron chi connectivity index (χ3n) is 6.92. The molecule has 1 saturated heterocycles. The summed E-state index contributed by atoms with van der Waals surface area (Å²) in [6.07, 6.45) is -7.29. The van der Waals surface area contributed by atoms with Crippen molar-refractivity contribution in [1.29, 1.82) is 0 Å². The SMILES string of the molecule is O=[N+]([O-])c1ccc(OC2CCC(OC(C=S)N3CCN(c4ccc(C(F)(F)F)cn4)CC3)CC2)cc1C(F)(F)F. The lowest BCUT2D eigenvalue weighted by atomic mass is 9.95. The van der Waals surface area contributed by atoms with Gasteiger partial charge in [-0.15, -0.1) is 0 Å². The largest absolute Gasteiger partial charge is 0.490 e. The number of piperazine rings is 1. The molecule has 1 aromatic heterocycles. The third kappa shape index (κ3) is 7.37. The maximum absolute atomic E-state index is 13.3. The Labute approximate surface area is 231 Å². The van der Waals surface area contributed by atoms with Crippen LogP contribution in [0.5, 0.6) is 5.75 Å². The minimum atomic E-state index is -4.89. The summed E-state index contributed by atoms with van der Waals surface area (Å²) in [7, 11) is 0. The van der Waals surface area contributed by atoms with Gasteiger partial charge in [0.05, 0.1) is 22.7 Å². The number of pyridine rings is 1. The van der Waals surface area contributed by atoms with E-state index in [4.69, 9.17) is 21.7 Å². The Balaban J connectivity index is 1.26. The highest BCUT2D eigenvalue weighted by atomic mass is 32.1. The van der Waals surface area contributed by atoms with Gasteiger partial charge in [-0.2, -0.15) is 26.3 Å². The molecule has 15 heteroatoms. The second kappa shape index (κ2) is 12.2. The molecular weight excluding hydrogens is 566 g/mol. The average Bonchev–Trinajstić information content (AvgIpc) is 2.92. The number of benzene rings is 1. The molecule has 2 heterocycles. The smallest absolute Gasteiger partial charge is 0.423 e. The molecule has 218 valence electrons. The molecule has 0 N–H and O–H groups in total. The summed E-state index contributed by atoms with van der Waals surface area (Å²) in [5.41, 5.74) is -3.19. The van der Waals surface area contributed by atoms with Crippen LogP contribution < -0.4 is 9.64 Å². The van der Waals surface area contributed by atoms with E-state index in [0.717, 1.165) is 24.4 Å². The fourth-order valence-corrected chi connectivity index (χ4v) is 5.04. The summed E-state index contributed by atoms with van der Waals surface area (Å²) in [4.78, 5) is 17.8. The molecule has 4 rings (SSSR count). The van der Waals surface area contributed by atoms with Crippen molar-refractivity contribution in [3.05, 3.63) is 57.8 Å². The minimum Gasteiger partial charge on any atom is -0.490 e. The monoisotopic (exact) mass is 592 g/mol. The standard InChI is InChI=1S/C25H26F6N4O4S/c26-24(27,28)16-1-8-22(32-14-16)33-9-11-34(12-10-33)23(15-40)39-18-4-2-17(3-5-18)38-19-6-7-21(35(36)37)20(13-19)25(29,30)31/h1,6-8,13-15,17-18,23H,2-5,9-12H2. The van der Waals surface area contributed by atoms with Crippen molar-refractivity contribution in [3.63, 3.8) is 0 Å². The van der Waals surface area contributed by atoms with Gasteiger partial charge in [0.25, 0.3) is 5.69 Å². The van der Waals surface area contributed by atoms with Gasteiger partial charge < -0.3 is 14.4 Å². The Bertz CT molecular complexity index is 1180. The highest BCUT2D eigenvalue weighted by Crippen LogP contribution is 2.39. The number of halogens is 6. The van der Waals surface area contributed by atoms with E-state index in [1.54, 1.807) is 0 Å². The molecule has 8 nitrogen and oxygen atoms in total. The van der Waals surface area contributed by atoms with E-state index in [1.807, 2.05) is 9.80 Å². The number of nitro groups is 1. The molecule has 2 aliphatic rings. The van der Waals surface area contributed by atoms with Crippen LogP contribution in [0.3, 0.4) is 0 Å². The summed E-state index contributed by atoms with van der Waals surface area (Å²) in [6, 6.07) is 4.98. The lowest BCUT2D eigenvalue weighted by molar-refractivity contribution is -0.388. The zero-order valence-electron chi connectivity index (χ0n) is 21.0.